The fourth-order valence-electron chi connectivity index (χ4n) is 2.49. The number of hydrogen-bond donors (Lipinski definition) is 0. The van der Waals surface area contributed by atoms with E-state index in [1.54, 1.807) is 0 Å². The topological polar surface area (TPSA) is 3.24 Å². The fourth-order valence-corrected chi connectivity index (χ4v) is 2.49. The average molecular weight is 233 g/mol. The van der Waals surface area contributed by atoms with Crippen molar-refractivity contribution < 1.29 is 0 Å². The number of hydrogen-bond acceptors (Lipinski definition) is 1. The summed E-state index contributed by atoms with van der Waals surface area (Å²) in [5.41, 5.74) is 8.90. The highest BCUT2D eigenvalue weighted by atomic mass is 15.1. The van der Waals surface area contributed by atoms with Gasteiger partial charge in [0.2, 0.25) is 0 Å². The van der Waals surface area contributed by atoms with E-state index in [1.165, 1.54) is 33.4 Å². The summed E-state index contributed by atoms with van der Waals surface area (Å²) < 4.78 is 0. The van der Waals surface area contributed by atoms with Gasteiger partial charge in [0, 0.05) is 6.54 Å². The van der Waals surface area contributed by atoms with Crippen LogP contribution in [0.5, 0.6) is 0 Å². The van der Waals surface area contributed by atoms with E-state index in [-0.39, 0.29) is 0 Å². The summed E-state index contributed by atoms with van der Waals surface area (Å²) in [5, 5.41) is 0. The Morgan fingerprint density at radius 2 is 1.00 bits per heavy atom. The Hall–Kier alpha value is -0.820. The zero-order valence-corrected chi connectivity index (χ0v) is 12.6. The molecule has 0 saturated heterocycles. The van der Waals surface area contributed by atoms with Gasteiger partial charge in [0.05, 0.1) is 0 Å². The van der Waals surface area contributed by atoms with E-state index in [4.69, 9.17) is 0 Å². The van der Waals surface area contributed by atoms with Gasteiger partial charge in [-0.25, -0.2) is 0 Å². The van der Waals surface area contributed by atoms with Gasteiger partial charge in [-0.05, 0) is 81.1 Å². The fraction of sp³-hybridized carbons (Fsp3) is 0.625. The summed E-state index contributed by atoms with van der Waals surface area (Å²) in [6.07, 6.45) is 0. The molecule has 0 N–H and O–H groups in total. The predicted octanol–water partition coefficient (Wildman–Crippen LogP) is 4.07. The lowest BCUT2D eigenvalue weighted by Gasteiger charge is -2.24. The second kappa shape index (κ2) is 5.68. The molecule has 1 heteroatoms. The second-order valence-electron chi connectivity index (χ2n) is 5.06. The van der Waals surface area contributed by atoms with Crippen LogP contribution in [0.4, 0.5) is 0 Å². The van der Waals surface area contributed by atoms with Crippen molar-refractivity contribution in [3.05, 3.63) is 33.4 Å². The van der Waals surface area contributed by atoms with Crippen molar-refractivity contribution in [2.75, 3.05) is 13.1 Å². The van der Waals surface area contributed by atoms with Gasteiger partial charge in [0.1, 0.15) is 0 Å². The third kappa shape index (κ3) is 2.71. The summed E-state index contributed by atoms with van der Waals surface area (Å²) in [6.45, 7) is 19.1. The molecule has 0 aromatic heterocycles. The zero-order chi connectivity index (χ0) is 13.2. The molecule has 1 rings (SSSR count). The van der Waals surface area contributed by atoms with Crippen LogP contribution in [0.3, 0.4) is 0 Å². The smallest absolute Gasteiger partial charge is 0.0238 e. The lowest BCUT2D eigenvalue weighted by molar-refractivity contribution is 0.294. The lowest BCUT2D eigenvalue weighted by atomic mass is 9.89. The van der Waals surface area contributed by atoms with Gasteiger partial charge in [0.15, 0.2) is 0 Å². The molecule has 0 amide bonds. The van der Waals surface area contributed by atoms with Crippen LogP contribution in [0.2, 0.25) is 0 Å². The molecule has 0 aliphatic heterocycles. The van der Waals surface area contributed by atoms with Crippen molar-refractivity contribution in [1.29, 1.82) is 0 Å². The average Bonchev–Trinajstić information content (AvgIpc) is 2.34. The van der Waals surface area contributed by atoms with E-state index in [1.807, 2.05) is 0 Å². The summed E-state index contributed by atoms with van der Waals surface area (Å²) in [6, 6.07) is 0. The van der Waals surface area contributed by atoms with Crippen molar-refractivity contribution in [3.8, 4) is 0 Å². The third-order valence-electron chi connectivity index (χ3n) is 4.43. The molecule has 0 bridgehead atoms. The van der Waals surface area contributed by atoms with Crippen LogP contribution in [0, 0.1) is 34.6 Å². The molecular weight excluding hydrogens is 206 g/mol. The van der Waals surface area contributed by atoms with Gasteiger partial charge >= 0.3 is 0 Å². The largest absolute Gasteiger partial charge is 0.300 e. The van der Waals surface area contributed by atoms with Crippen LogP contribution < -0.4 is 0 Å². The highest BCUT2D eigenvalue weighted by molar-refractivity contribution is 5.49. The Morgan fingerprint density at radius 1 is 0.647 bits per heavy atom. The summed E-state index contributed by atoms with van der Waals surface area (Å²) in [5.74, 6) is 0. The van der Waals surface area contributed by atoms with Crippen LogP contribution in [-0.2, 0) is 6.54 Å². The Balaban J connectivity index is 3.24. The third-order valence-corrected chi connectivity index (χ3v) is 4.43. The second-order valence-corrected chi connectivity index (χ2v) is 5.06. The van der Waals surface area contributed by atoms with E-state index in [0.717, 1.165) is 19.6 Å². The molecule has 0 fully saturated rings. The molecule has 0 aliphatic rings. The molecular formula is C16H27N. The van der Waals surface area contributed by atoms with Crippen LogP contribution in [0.15, 0.2) is 0 Å². The monoisotopic (exact) mass is 233 g/mol. The maximum absolute atomic E-state index is 2.49. The highest BCUT2D eigenvalue weighted by Gasteiger charge is 2.13. The van der Waals surface area contributed by atoms with Crippen LogP contribution in [0.1, 0.15) is 47.2 Å². The van der Waals surface area contributed by atoms with E-state index >= 15 is 0 Å². The van der Waals surface area contributed by atoms with Crippen molar-refractivity contribution in [3.63, 3.8) is 0 Å². The minimum atomic E-state index is 1.09. The molecule has 17 heavy (non-hydrogen) atoms. The van der Waals surface area contributed by atoms with Crippen molar-refractivity contribution in [2.45, 2.75) is 55.0 Å². The molecule has 0 unspecified atom stereocenters. The van der Waals surface area contributed by atoms with Crippen LogP contribution in [0.25, 0.3) is 0 Å². The zero-order valence-electron chi connectivity index (χ0n) is 12.6. The number of nitrogens with zero attached hydrogens (tertiary/aromatic N) is 1. The Bertz CT molecular complexity index is 371. The Morgan fingerprint density at radius 3 is 1.35 bits per heavy atom. The first-order valence-corrected chi connectivity index (χ1v) is 6.72. The van der Waals surface area contributed by atoms with Gasteiger partial charge in [-0.15, -0.1) is 0 Å². The highest BCUT2D eigenvalue weighted by Crippen LogP contribution is 2.26. The molecule has 0 aliphatic carbocycles. The molecule has 1 aromatic rings. The minimum Gasteiger partial charge on any atom is -0.300 e. The molecule has 0 saturated carbocycles. The molecule has 0 spiro atoms. The van der Waals surface area contributed by atoms with Crippen LogP contribution >= 0.6 is 0 Å². The number of rotatable bonds is 4. The maximum atomic E-state index is 2.49. The van der Waals surface area contributed by atoms with E-state index < -0.39 is 0 Å². The van der Waals surface area contributed by atoms with E-state index in [0.29, 0.717) is 0 Å². The molecule has 0 heterocycles. The summed E-state index contributed by atoms with van der Waals surface area (Å²) >= 11 is 0. The van der Waals surface area contributed by atoms with E-state index in [9.17, 15) is 0 Å². The lowest BCUT2D eigenvalue weighted by Crippen LogP contribution is -2.23. The molecule has 0 radical (unpaired) electrons. The van der Waals surface area contributed by atoms with Gasteiger partial charge in [-0.3, -0.25) is 4.90 Å². The first-order valence-electron chi connectivity index (χ1n) is 6.72. The van der Waals surface area contributed by atoms with Gasteiger partial charge in [-0.1, -0.05) is 13.8 Å². The maximum Gasteiger partial charge on any atom is 0.0238 e. The molecule has 0 atom stereocenters. The van der Waals surface area contributed by atoms with Crippen molar-refractivity contribution in [2.24, 2.45) is 0 Å². The Kier molecular flexibility index (Phi) is 4.76. The normalized spacial score (nSPS) is 11.3. The molecule has 1 aromatic carbocycles. The van der Waals surface area contributed by atoms with Gasteiger partial charge in [0.25, 0.3) is 0 Å². The van der Waals surface area contributed by atoms with Crippen LogP contribution in [-0.4, -0.2) is 18.0 Å². The Labute approximate surface area is 107 Å². The summed E-state index contributed by atoms with van der Waals surface area (Å²) in [7, 11) is 0. The van der Waals surface area contributed by atoms with E-state index in [2.05, 4.69) is 53.4 Å². The molecule has 96 valence electrons. The SMILES string of the molecule is CCN(CC)Cc1c(C)c(C)c(C)c(C)c1C. The predicted molar refractivity (Wildman–Crippen MR) is 76.8 cm³/mol. The standard InChI is InChI=1S/C16H27N/c1-8-17(9-2)10-16-14(6)12(4)11(3)13(5)15(16)7/h8-10H2,1-7H3. The number of benzene rings is 1. The minimum absolute atomic E-state index is 1.09. The van der Waals surface area contributed by atoms with Gasteiger partial charge < -0.3 is 0 Å². The van der Waals surface area contributed by atoms with Crippen molar-refractivity contribution in [1.82, 2.24) is 4.90 Å². The first kappa shape index (κ1) is 14.2. The summed E-state index contributed by atoms with van der Waals surface area (Å²) in [4.78, 5) is 2.49. The quantitative estimate of drug-likeness (QED) is 0.757. The van der Waals surface area contributed by atoms with Gasteiger partial charge in [-0.2, -0.15) is 0 Å². The molecule has 1 nitrogen and oxygen atoms in total. The van der Waals surface area contributed by atoms with Crippen molar-refractivity contribution >= 4 is 0 Å². The first-order chi connectivity index (χ1) is 7.93.